The molecular weight excluding hydrogens is 462 g/mol. The zero-order valence-electron chi connectivity index (χ0n) is 17.5. The number of benzene rings is 2. The summed E-state index contributed by atoms with van der Waals surface area (Å²) in [6.07, 6.45) is -0.189. The number of amides is 1. The Morgan fingerprint density at radius 2 is 2.00 bits per heavy atom. The molecule has 1 amide bonds. The summed E-state index contributed by atoms with van der Waals surface area (Å²) in [6.45, 7) is 1.73. The summed E-state index contributed by atoms with van der Waals surface area (Å²) in [5.74, 6) is 1.09. The zero-order valence-corrected chi connectivity index (χ0v) is 19.1. The van der Waals surface area contributed by atoms with E-state index in [2.05, 4.69) is 10.4 Å². The first-order valence-electron chi connectivity index (χ1n) is 10.2. The Morgan fingerprint density at radius 1 is 1.21 bits per heavy atom. The molecule has 1 aliphatic heterocycles. The van der Waals surface area contributed by atoms with Crippen molar-refractivity contribution in [1.29, 1.82) is 0 Å². The van der Waals surface area contributed by atoms with E-state index < -0.39 is 17.6 Å². The Hall–Kier alpha value is -3.63. The first kappa shape index (κ1) is 21.2. The van der Waals surface area contributed by atoms with Gasteiger partial charge in [0.1, 0.15) is 10.6 Å². The molecule has 33 heavy (non-hydrogen) atoms. The van der Waals surface area contributed by atoms with Crippen molar-refractivity contribution < 1.29 is 19.0 Å². The highest BCUT2D eigenvalue weighted by atomic mass is 32.1. The fourth-order valence-electron chi connectivity index (χ4n) is 3.45. The largest absolute Gasteiger partial charge is 0.481 e. The Kier molecular flexibility index (Phi) is 5.61. The molecule has 4 aromatic rings. The molecule has 0 fully saturated rings. The number of carbonyl (C=O) groups is 1. The summed E-state index contributed by atoms with van der Waals surface area (Å²) >= 11 is 6.79. The van der Waals surface area contributed by atoms with E-state index in [4.69, 9.17) is 26.4 Å². The van der Waals surface area contributed by atoms with Crippen LogP contribution in [0.3, 0.4) is 0 Å². The van der Waals surface area contributed by atoms with Crippen molar-refractivity contribution in [3.63, 3.8) is 0 Å². The van der Waals surface area contributed by atoms with Gasteiger partial charge in [0.2, 0.25) is 11.6 Å². The highest BCUT2D eigenvalue weighted by molar-refractivity contribution is 7.71. The number of hydrogen-bond donors (Lipinski definition) is 2. The van der Waals surface area contributed by atoms with Gasteiger partial charge in [-0.1, -0.05) is 30.3 Å². The van der Waals surface area contributed by atoms with Gasteiger partial charge < -0.3 is 19.2 Å². The molecule has 3 heterocycles. The molecule has 1 atom stereocenters. The van der Waals surface area contributed by atoms with Gasteiger partial charge in [-0.2, -0.15) is 4.68 Å². The van der Waals surface area contributed by atoms with Crippen molar-refractivity contribution in [3.05, 3.63) is 80.2 Å². The van der Waals surface area contributed by atoms with Crippen LogP contribution in [0.1, 0.15) is 17.4 Å². The number of nitrogens with zero attached hydrogens (tertiary/aromatic N) is 1. The number of thiophene rings is 1. The maximum absolute atomic E-state index is 13.1. The zero-order chi connectivity index (χ0) is 22.9. The SMILES string of the molecule is CC(Oc1ccc2c(c1)OCO2)C(=O)Nn1c(=S)[nH]c2sc(Cc3ccccc3)cc2c1=O. The monoisotopic (exact) mass is 481 g/mol. The highest BCUT2D eigenvalue weighted by Crippen LogP contribution is 2.35. The summed E-state index contributed by atoms with van der Waals surface area (Å²) in [6, 6.07) is 16.9. The minimum atomic E-state index is -0.890. The second-order valence-electron chi connectivity index (χ2n) is 7.44. The molecule has 0 saturated carbocycles. The van der Waals surface area contributed by atoms with E-state index in [1.54, 1.807) is 25.1 Å². The molecule has 0 bridgehead atoms. The lowest BCUT2D eigenvalue weighted by atomic mass is 10.1. The molecule has 0 spiro atoms. The van der Waals surface area contributed by atoms with Crippen LogP contribution < -0.4 is 25.2 Å². The number of carbonyl (C=O) groups excluding carboxylic acids is 1. The van der Waals surface area contributed by atoms with E-state index in [-0.39, 0.29) is 11.6 Å². The van der Waals surface area contributed by atoms with Crippen LogP contribution in [-0.4, -0.2) is 28.5 Å². The normalized spacial score (nSPS) is 13.1. The Balaban J connectivity index is 1.35. The lowest BCUT2D eigenvalue weighted by molar-refractivity contribution is -0.123. The number of fused-ring (bicyclic) bond motifs is 2. The second kappa shape index (κ2) is 8.72. The number of nitrogens with one attached hydrogen (secondary N) is 2. The van der Waals surface area contributed by atoms with Crippen LogP contribution in [0.4, 0.5) is 0 Å². The number of hydrogen-bond acceptors (Lipinski definition) is 7. The third-order valence-electron chi connectivity index (χ3n) is 5.11. The van der Waals surface area contributed by atoms with Gasteiger partial charge >= 0.3 is 0 Å². The second-order valence-corrected chi connectivity index (χ2v) is 8.96. The van der Waals surface area contributed by atoms with Gasteiger partial charge in [-0.05, 0) is 42.9 Å². The van der Waals surface area contributed by atoms with Gasteiger partial charge in [-0.25, -0.2) is 0 Å². The molecular formula is C23H19N3O5S2. The van der Waals surface area contributed by atoms with Gasteiger partial charge in [-0.3, -0.25) is 15.0 Å². The predicted octanol–water partition coefficient (Wildman–Crippen LogP) is 3.98. The van der Waals surface area contributed by atoms with Crippen LogP contribution >= 0.6 is 23.6 Å². The third-order valence-corrected chi connectivity index (χ3v) is 6.44. The maximum atomic E-state index is 13.1. The molecule has 2 aromatic carbocycles. The lowest BCUT2D eigenvalue weighted by Gasteiger charge is -2.16. The Bertz CT molecular complexity index is 1460. The van der Waals surface area contributed by atoms with Crippen molar-refractivity contribution in [2.75, 3.05) is 12.2 Å². The molecule has 1 aliphatic rings. The summed E-state index contributed by atoms with van der Waals surface area (Å²) in [5, 5.41) is 0.462. The number of aromatic nitrogens is 2. The number of H-pyrrole nitrogens is 1. The quantitative estimate of drug-likeness (QED) is 0.405. The fourth-order valence-corrected chi connectivity index (χ4v) is 4.83. The number of ether oxygens (including phenoxy) is 3. The minimum absolute atomic E-state index is 0.101. The Labute approximate surface area is 197 Å². The molecule has 10 heteroatoms. The first-order valence-corrected chi connectivity index (χ1v) is 11.4. The summed E-state index contributed by atoms with van der Waals surface area (Å²) in [5.41, 5.74) is 3.30. The average molecular weight is 482 g/mol. The molecule has 1 unspecified atom stereocenters. The van der Waals surface area contributed by atoms with Crippen molar-refractivity contribution in [2.45, 2.75) is 19.4 Å². The summed E-state index contributed by atoms with van der Waals surface area (Å²) < 4.78 is 17.4. The van der Waals surface area contributed by atoms with Gasteiger partial charge in [0, 0.05) is 17.4 Å². The van der Waals surface area contributed by atoms with Crippen LogP contribution in [0.2, 0.25) is 0 Å². The van der Waals surface area contributed by atoms with Crippen molar-refractivity contribution >= 4 is 39.7 Å². The predicted molar refractivity (Wildman–Crippen MR) is 128 cm³/mol. The van der Waals surface area contributed by atoms with Crippen molar-refractivity contribution in [1.82, 2.24) is 9.66 Å². The van der Waals surface area contributed by atoms with Gasteiger partial charge in [0.05, 0.1) is 5.39 Å². The standard InChI is InChI=1S/C23H19N3O5S2/c1-13(31-15-7-8-18-19(10-15)30-12-29-18)20(27)25-26-22(28)17-11-16(33-21(17)24-23(26)32)9-14-5-3-2-4-6-14/h2-8,10-11,13H,9,12H2,1H3,(H,24,32)(H,25,27). The van der Waals surface area contributed by atoms with Crippen LogP contribution in [0.15, 0.2) is 59.4 Å². The first-order chi connectivity index (χ1) is 16.0. The number of aromatic amines is 1. The lowest BCUT2D eigenvalue weighted by Crippen LogP contribution is -2.40. The van der Waals surface area contributed by atoms with Crippen molar-refractivity contribution in [3.8, 4) is 17.2 Å². The fraction of sp³-hybridized carbons (Fsp3) is 0.174. The van der Waals surface area contributed by atoms with Crippen LogP contribution in [-0.2, 0) is 11.2 Å². The summed E-state index contributed by atoms with van der Waals surface area (Å²) in [4.78, 5) is 30.5. The maximum Gasteiger partial charge on any atom is 0.282 e. The van der Waals surface area contributed by atoms with E-state index in [0.29, 0.717) is 33.9 Å². The average Bonchev–Trinajstić information content (AvgIpc) is 3.43. The molecule has 8 nitrogen and oxygen atoms in total. The Morgan fingerprint density at radius 3 is 2.82 bits per heavy atom. The van der Waals surface area contributed by atoms with Gasteiger partial charge in [-0.15, -0.1) is 11.3 Å². The van der Waals surface area contributed by atoms with E-state index in [1.165, 1.54) is 11.3 Å². The van der Waals surface area contributed by atoms with Crippen LogP contribution in [0.25, 0.3) is 10.2 Å². The van der Waals surface area contributed by atoms with E-state index in [1.807, 2.05) is 36.4 Å². The van der Waals surface area contributed by atoms with Crippen LogP contribution in [0.5, 0.6) is 17.2 Å². The topological polar surface area (TPSA) is 94.6 Å². The molecule has 2 aromatic heterocycles. The molecule has 0 saturated heterocycles. The van der Waals surface area contributed by atoms with Crippen LogP contribution in [0, 0.1) is 4.77 Å². The molecule has 5 rings (SSSR count). The summed E-state index contributed by atoms with van der Waals surface area (Å²) in [7, 11) is 0. The van der Waals surface area contributed by atoms with Crippen molar-refractivity contribution in [2.24, 2.45) is 0 Å². The van der Waals surface area contributed by atoms with Gasteiger partial charge in [0.25, 0.3) is 11.5 Å². The van der Waals surface area contributed by atoms with E-state index in [0.717, 1.165) is 15.1 Å². The van der Waals surface area contributed by atoms with E-state index in [9.17, 15) is 9.59 Å². The number of rotatable bonds is 6. The highest BCUT2D eigenvalue weighted by Gasteiger charge is 2.20. The van der Waals surface area contributed by atoms with E-state index >= 15 is 0 Å². The molecule has 0 radical (unpaired) electrons. The third kappa shape index (κ3) is 4.35. The molecule has 0 aliphatic carbocycles. The molecule has 2 N–H and O–H groups in total. The molecule has 168 valence electrons. The van der Waals surface area contributed by atoms with Gasteiger partial charge in [0.15, 0.2) is 17.6 Å². The smallest absolute Gasteiger partial charge is 0.282 e. The minimum Gasteiger partial charge on any atom is -0.481 e.